The van der Waals surface area contributed by atoms with Crippen LogP contribution < -0.4 is 5.32 Å². The molecular weight excluding hydrogens is 312 g/mol. The fraction of sp³-hybridized carbons (Fsp3) is 0.647. The quantitative estimate of drug-likeness (QED) is 0.713. The Hall–Kier alpha value is -0.380. The summed E-state index contributed by atoms with van der Waals surface area (Å²) < 4.78 is 1.20. The average molecular weight is 341 g/mol. The lowest BCUT2D eigenvalue weighted by Crippen LogP contribution is -2.28. The average Bonchev–Trinajstić information content (AvgIpc) is 2.42. The van der Waals surface area contributed by atoms with Crippen LogP contribution >= 0.6 is 15.9 Å². The van der Waals surface area contributed by atoms with Gasteiger partial charge in [-0.15, -0.1) is 0 Å². The van der Waals surface area contributed by atoms with Crippen molar-refractivity contribution >= 4 is 15.9 Å². The minimum Gasteiger partial charge on any atom is -0.310 e. The molecule has 0 radical (unpaired) electrons. The summed E-state index contributed by atoms with van der Waals surface area (Å²) in [7, 11) is 2.23. The Morgan fingerprint density at radius 2 is 1.80 bits per heavy atom. The summed E-state index contributed by atoms with van der Waals surface area (Å²) in [6.45, 7) is 10.1. The first kappa shape index (κ1) is 17.7. The molecule has 1 aromatic carbocycles. The van der Waals surface area contributed by atoms with E-state index in [0.29, 0.717) is 6.04 Å². The van der Waals surface area contributed by atoms with E-state index in [-0.39, 0.29) is 0 Å². The van der Waals surface area contributed by atoms with E-state index in [1.807, 2.05) is 0 Å². The Kier molecular flexibility index (Phi) is 8.43. The van der Waals surface area contributed by atoms with Gasteiger partial charge in [0.15, 0.2) is 0 Å². The molecule has 0 saturated heterocycles. The molecule has 0 bridgehead atoms. The van der Waals surface area contributed by atoms with E-state index in [2.05, 4.69) is 78.2 Å². The van der Waals surface area contributed by atoms with Gasteiger partial charge in [0.25, 0.3) is 0 Å². The summed E-state index contributed by atoms with van der Waals surface area (Å²) in [5.41, 5.74) is 1.37. The molecule has 114 valence electrons. The zero-order chi connectivity index (χ0) is 15.0. The highest BCUT2D eigenvalue weighted by atomic mass is 79.9. The summed E-state index contributed by atoms with van der Waals surface area (Å²) in [6.07, 6.45) is 2.42. The van der Waals surface area contributed by atoms with Gasteiger partial charge in [-0.1, -0.05) is 54.9 Å². The molecule has 0 amide bonds. The van der Waals surface area contributed by atoms with E-state index >= 15 is 0 Å². The van der Waals surface area contributed by atoms with Crippen molar-refractivity contribution in [3.05, 3.63) is 34.3 Å². The molecule has 1 unspecified atom stereocenters. The SMILES string of the molecule is CCNC(CCN(C)CCC(C)C)c1ccccc1Br. The first-order chi connectivity index (χ1) is 9.54. The van der Waals surface area contributed by atoms with Crippen molar-refractivity contribution in [1.29, 1.82) is 0 Å². The molecule has 0 aliphatic heterocycles. The van der Waals surface area contributed by atoms with Crippen molar-refractivity contribution in [2.45, 2.75) is 39.7 Å². The molecule has 0 saturated carbocycles. The van der Waals surface area contributed by atoms with Crippen LogP contribution in [0, 0.1) is 5.92 Å². The van der Waals surface area contributed by atoms with Crippen molar-refractivity contribution in [2.75, 3.05) is 26.7 Å². The molecule has 0 aromatic heterocycles. The molecule has 1 aromatic rings. The van der Waals surface area contributed by atoms with Gasteiger partial charge in [-0.3, -0.25) is 0 Å². The molecule has 0 heterocycles. The monoisotopic (exact) mass is 340 g/mol. The van der Waals surface area contributed by atoms with Crippen LogP contribution in [-0.2, 0) is 0 Å². The van der Waals surface area contributed by atoms with Crippen LogP contribution in [0.15, 0.2) is 28.7 Å². The summed E-state index contributed by atoms with van der Waals surface area (Å²) in [5, 5.41) is 3.60. The van der Waals surface area contributed by atoms with Gasteiger partial charge in [0.05, 0.1) is 0 Å². The second kappa shape index (κ2) is 9.54. The van der Waals surface area contributed by atoms with Crippen LogP contribution in [0.1, 0.15) is 45.2 Å². The number of nitrogens with one attached hydrogen (secondary N) is 1. The molecule has 3 heteroatoms. The van der Waals surface area contributed by atoms with Gasteiger partial charge in [-0.2, -0.15) is 0 Å². The maximum Gasteiger partial charge on any atom is 0.0343 e. The fourth-order valence-electron chi connectivity index (χ4n) is 2.31. The minimum atomic E-state index is 0.428. The molecule has 0 spiro atoms. The van der Waals surface area contributed by atoms with Crippen molar-refractivity contribution < 1.29 is 0 Å². The molecule has 20 heavy (non-hydrogen) atoms. The molecule has 0 aliphatic carbocycles. The normalized spacial score (nSPS) is 13.2. The number of rotatable bonds is 9. The predicted octanol–water partition coefficient (Wildman–Crippen LogP) is 4.47. The Labute approximate surface area is 133 Å². The Morgan fingerprint density at radius 3 is 2.40 bits per heavy atom. The molecule has 0 fully saturated rings. The first-order valence-electron chi connectivity index (χ1n) is 7.71. The Balaban J connectivity index is 2.53. The molecule has 1 rings (SSSR count). The molecular formula is C17H29BrN2. The number of hydrogen-bond acceptors (Lipinski definition) is 2. The predicted molar refractivity (Wildman–Crippen MR) is 92.1 cm³/mol. The zero-order valence-electron chi connectivity index (χ0n) is 13.3. The van der Waals surface area contributed by atoms with E-state index in [1.54, 1.807) is 0 Å². The Bertz CT molecular complexity index is 379. The first-order valence-corrected chi connectivity index (χ1v) is 8.50. The van der Waals surface area contributed by atoms with E-state index in [1.165, 1.54) is 23.0 Å². The van der Waals surface area contributed by atoms with Crippen molar-refractivity contribution in [2.24, 2.45) is 5.92 Å². The lowest BCUT2D eigenvalue weighted by atomic mass is 10.0. The summed E-state index contributed by atoms with van der Waals surface area (Å²) in [4.78, 5) is 2.45. The van der Waals surface area contributed by atoms with Crippen molar-refractivity contribution in [1.82, 2.24) is 10.2 Å². The van der Waals surface area contributed by atoms with Gasteiger partial charge in [0, 0.05) is 10.5 Å². The third kappa shape index (κ3) is 6.38. The van der Waals surface area contributed by atoms with Crippen LogP contribution in [-0.4, -0.2) is 31.6 Å². The zero-order valence-corrected chi connectivity index (χ0v) is 14.9. The summed E-state index contributed by atoms with van der Waals surface area (Å²) >= 11 is 3.67. The molecule has 1 N–H and O–H groups in total. The Morgan fingerprint density at radius 1 is 1.15 bits per heavy atom. The van der Waals surface area contributed by atoms with Crippen LogP contribution in [0.3, 0.4) is 0 Å². The van der Waals surface area contributed by atoms with E-state index in [0.717, 1.165) is 25.4 Å². The maximum atomic E-state index is 3.67. The van der Waals surface area contributed by atoms with Gasteiger partial charge < -0.3 is 10.2 Å². The van der Waals surface area contributed by atoms with Gasteiger partial charge in [-0.25, -0.2) is 0 Å². The molecule has 2 nitrogen and oxygen atoms in total. The second-order valence-electron chi connectivity index (χ2n) is 5.91. The number of hydrogen-bond donors (Lipinski definition) is 1. The minimum absolute atomic E-state index is 0.428. The highest BCUT2D eigenvalue weighted by Gasteiger charge is 2.13. The third-order valence-corrected chi connectivity index (χ3v) is 4.34. The van der Waals surface area contributed by atoms with Gasteiger partial charge >= 0.3 is 0 Å². The third-order valence-electron chi connectivity index (χ3n) is 3.62. The van der Waals surface area contributed by atoms with Gasteiger partial charge in [-0.05, 0) is 57.1 Å². The fourth-order valence-corrected chi connectivity index (χ4v) is 2.87. The second-order valence-corrected chi connectivity index (χ2v) is 6.76. The van der Waals surface area contributed by atoms with Crippen molar-refractivity contribution in [3.63, 3.8) is 0 Å². The number of nitrogens with zero attached hydrogens (tertiary/aromatic N) is 1. The summed E-state index contributed by atoms with van der Waals surface area (Å²) in [6, 6.07) is 8.96. The highest BCUT2D eigenvalue weighted by Crippen LogP contribution is 2.25. The summed E-state index contributed by atoms with van der Waals surface area (Å²) in [5.74, 6) is 0.783. The topological polar surface area (TPSA) is 15.3 Å². The van der Waals surface area contributed by atoms with Crippen LogP contribution in [0.2, 0.25) is 0 Å². The van der Waals surface area contributed by atoms with Crippen molar-refractivity contribution in [3.8, 4) is 0 Å². The lowest BCUT2D eigenvalue weighted by Gasteiger charge is -2.24. The maximum absolute atomic E-state index is 3.67. The van der Waals surface area contributed by atoms with E-state index < -0.39 is 0 Å². The van der Waals surface area contributed by atoms with Gasteiger partial charge in [0.1, 0.15) is 0 Å². The van der Waals surface area contributed by atoms with Gasteiger partial charge in [0.2, 0.25) is 0 Å². The number of halogens is 1. The van der Waals surface area contributed by atoms with E-state index in [4.69, 9.17) is 0 Å². The highest BCUT2D eigenvalue weighted by molar-refractivity contribution is 9.10. The standard InChI is InChI=1S/C17H29BrN2/c1-5-19-17(15-8-6-7-9-16(15)18)11-13-20(4)12-10-14(2)3/h6-9,14,17,19H,5,10-13H2,1-4H3. The van der Waals surface area contributed by atoms with Crippen LogP contribution in [0.25, 0.3) is 0 Å². The molecule has 1 atom stereocenters. The lowest BCUT2D eigenvalue weighted by molar-refractivity contribution is 0.290. The van der Waals surface area contributed by atoms with Crippen LogP contribution in [0.5, 0.6) is 0 Å². The molecule has 0 aliphatic rings. The smallest absolute Gasteiger partial charge is 0.0343 e. The van der Waals surface area contributed by atoms with E-state index in [9.17, 15) is 0 Å². The number of benzene rings is 1. The largest absolute Gasteiger partial charge is 0.310 e. The van der Waals surface area contributed by atoms with Crippen LogP contribution in [0.4, 0.5) is 0 Å².